The summed E-state index contributed by atoms with van der Waals surface area (Å²) >= 11 is 0. The van der Waals surface area contributed by atoms with Gasteiger partial charge in [-0.05, 0) is 37.1 Å². The van der Waals surface area contributed by atoms with Gasteiger partial charge >= 0.3 is 5.97 Å². The number of methoxy groups -OCH3 is 1. The number of aromatic carboxylic acids is 1. The highest BCUT2D eigenvalue weighted by Gasteiger charge is 2.22. The fourth-order valence-corrected chi connectivity index (χ4v) is 4.17. The summed E-state index contributed by atoms with van der Waals surface area (Å²) in [7, 11) is 1.66. The van der Waals surface area contributed by atoms with Crippen molar-refractivity contribution in [3.8, 4) is 5.75 Å². The minimum atomic E-state index is -0.917. The van der Waals surface area contributed by atoms with Gasteiger partial charge < -0.3 is 19.7 Å². The molecule has 2 N–H and O–H groups in total. The maximum absolute atomic E-state index is 12.4. The van der Waals surface area contributed by atoms with Gasteiger partial charge in [-0.15, -0.1) is 0 Å². The topological polar surface area (TPSA) is 63.5 Å². The molecule has 4 aromatic rings. The van der Waals surface area contributed by atoms with Gasteiger partial charge in [-0.3, -0.25) is 0 Å². The van der Waals surface area contributed by atoms with Crippen LogP contribution in [0.1, 0.15) is 38.3 Å². The molecule has 0 amide bonds. The number of benzene rings is 3. The molecule has 4 rings (SSSR count). The Labute approximate surface area is 188 Å². The molecule has 0 bridgehead atoms. The van der Waals surface area contributed by atoms with E-state index in [1.807, 2.05) is 54.8 Å². The molecule has 1 aromatic heterocycles. The van der Waals surface area contributed by atoms with Crippen molar-refractivity contribution in [2.24, 2.45) is 0 Å². The Morgan fingerprint density at radius 2 is 1.69 bits per heavy atom. The summed E-state index contributed by atoms with van der Waals surface area (Å²) in [4.78, 5) is 12.4. The largest absolute Gasteiger partial charge is 0.496 e. The van der Waals surface area contributed by atoms with Crippen LogP contribution in [0.2, 0.25) is 0 Å². The van der Waals surface area contributed by atoms with Gasteiger partial charge in [0.1, 0.15) is 11.4 Å². The van der Waals surface area contributed by atoms with Gasteiger partial charge in [0.2, 0.25) is 0 Å². The molecular formula is C27H28N2O3. The second kappa shape index (κ2) is 9.28. The summed E-state index contributed by atoms with van der Waals surface area (Å²) in [5, 5.41) is 14.6. The first-order valence-electron chi connectivity index (χ1n) is 10.7. The second-order valence-corrected chi connectivity index (χ2v) is 8.14. The summed E-state index contributed by atoms with van der Waals surface area (Å²) in [5.41, 5.74) is 6.47. The summed E-state index contributed by atoms with van der Waals surface area (Å²) in [5.74, 6) is -0.101. The number of rotatable bonds is 8. The molecular weight excluding hydrogens is 400 g/mol. The average Bonchev–Trinajstić information content (AvgIpc) is 3.08. The highest BCUT2D eigenvalue weighted by Crippen LogP contribution is 2.29. The fraction of sp³-hybridized carbons (Fsp3) is 0.222. The summed E-state index contributed by atoms with van der Waals surface area (Å²) in [6.07, 6.45) is 0. The van der Waals surface area contributed by atoms with Gasteiger partial charge in [0.15, 0.2) is 0 Å². The number of carbonyl (C=O) groups is 1. The Morgan fingerprint density at radius 1 is 0.969 bits per heavy atom. The van der Waals surface area contributed by atoms with Crippen molar-refractivity contribution < 1.29 is 14.6 Å². The summed E-state index contributed by atoms with van der Waals surface area (Å²) in [6, 6.07) is 22.2. The first kappa shape index (κ1) is 21.7. The quantitative estimate of drug-likeness (QED) is 0.400. The minimum Gasteiger partial charge on any atom is -0.496 e. The smallest absolute Gasteiger partial charge is 0.352 e. The molecule has 0 fully saturated rings. The number of fused-ring (bicyclic) bond motifs is 1. The zero-order valence-corrected chi connectivity index (χ0v) is 18.7. The zero-order chi connectivity index (χ0) is 22.7. The monoisotopic (exact) mass is 428 g/mol. The van der Waals surface area contributed by atoms with E-state index >= 15 is 0 Å². The molecule has 3 aromatic carbocycles. The van der Waals surface area contributed by atoms with E-state index in [0.717, 1.165) is 38.9 Å². The zero-order valence-electron chi connectivity index (χ0n) is 18.7. The summed E-state index contributed by atoms with van der Waals surface area (Å²) < 4.78 is 7.36. The minimum absolute atomic E-state index is 0.332. The van der Waals surface area contributed by atoms with E-state index in [-0.39, 0.29) is 0 Å². The molecule has 1 heterocycles. The van der Waals surface area contributed by atoms with E-state index in [9.17, 15) is 9.90 Å². The van der Waals surface area contributed by atoms with Crippen molar-refractivity contribution in [2.75, 3.05) is 7.11 Å². The molecule has 0 saturated carbocycles. The SMILES string of the molecule is COc1ccccc1CNCc1c(C(=O)O)n(Cc2ccc(C)cc2)c2cc(C)ccc12. The summed E-state index contributed by atoms with van der Waals surface area (Å²) in [6.45, 7) is 5.61. The normalized spacial score (nSPS) is 11.1. The van der Waals surface area contributed by atoms with Crippen LogP contribution in [-0.2, 0) is 19.6 Å². The highest BCUT2D eigenvalue weighted by atomic mass is 16.5. The molecule has 0 unspecified atom stereocenters. The van der Waals surface area contributed by atoms with Crippen LogP contribution >= 0.6 is 0 Å². The first-order valence-corrected chi connectivity index (χ1v) is 10.7. The van der Waals surface area contributed by atoms with Crippen LogP contribution in [-0.4, -0.2) is 22.8 Å². The van der Waals surface area contributed by atoms with E-state index in [0.29, 0.717) is 25.3 Å². The van der Waals surface area contributed by atoms with Gasteiger partial charge in [-0.1, -0.05) is 60.2 Å². The number of para-hydroxylation sites is 1. The molecule has 0 atom stereocenters. The number of nitrogens with zero attached hydrogens (tertiary/aromatic N) is 1. The van der Waals surface area contributed by atoms with E-state index in [1.165, 1.54) is 5.56 Å². The third-order valence-electron chi connectivity index (χ3n) is 5.80. The lowest BCUT2D eigenvalue weighted by molar-refractivity contribution is 0.0684. The number of nitrogens with one attached hydrogen (secondary N) is 1. The van der Waals surface area contributed by atoms with Gasteiger partial charge in [-0.25, -0.2) is 4.79 Å². The molecule has 0 aliphatic carbocycles. The number of ether oxygens (including phenoxy) is 1. The number of carboxylic acids is 1. The molecule has 0 spiro atoms. The molecule has 32 heavy (non-hydrogen) atoms. The lowest BCUT2D eigenvalue weighted by atomic mass is 10.1. The molecule has 5 nitrogen and oxygen atoms in total. The van der Waals surface area contributed by atoms with Crippen molar-refractivity contribution in [2.45, 2.75) is 33.5 Å². The molecule has 5 heteroatoms. The third-order valence-corrected chi connectivity index (χ3v) is 5.80. The Bertz CT molecular complexity index is 1260. The van der Waals surface area contributed by atoms with Crippen LogP contribution in [0.4, 0.5) is 0 Å². The third kappa shape index (κ3) is 4.39. The van der Waals surface area contributed by atoms with Crippen molar-refractivity contribution in [1.29, 1.82) is 0 Å². The van der Waals surface area contributed by atoms with Crippen molar-refractivity contribution in [3.63, 3.8) is 0 Å². The average molecular weight is 429 g/mol. The maximum Gasteiger partial charge on any atom is 0.352 e. The van der Waals surface area contributed by atoms with Gasteiger partial charge in [0, 0.05) is 41.7 Å². The second-order valence-electron chi connectivity index (χ2n) is 8.14. The predicted octanol–water partition coefficient (Wildman–Crippen LogP) is 5.30. The van der Waals surface area contributed by atoms with Gasteiger partial charge in [0.25, 0.3) is 0 Å². The molecule has 0 saturated heterocycles. The van der Waals surface area contributed by atoms with Crippen molar-refractivity contribution >= 4 is 16.9 Å². The van der Waals surface area contributed by atoms with Crippen LogP contribution in [0.25, 0.3) is 10.9 Å². The molecule has 0 aliphatic heterocycles. The number of aryl methyl sites for hydroxylation is 2. The standard InChI is InChI=1S/C27H28N2O3/c1-18-8-11-20(12-9-18)17-29-24-14-19(2)10-13-22(24)23(26(29)27(30)31)16-28-15-21-6-4-5-7-25(21)32-3/h4-14,28H,15-17H2,1-3H3,(H,30,31). The Balaban J connectivity index is 1.72. The van der Waals surface area contributed by atoms with Gasteiger partial charge in [0.05, 0.1) is 7.11 Å². The maximum atomic E-state index is 12.4. The van der Waals surface area contributed by atoms with E-state index in [4.69, 9.17) is 4.74 Å². The Hall–Kier alpha value is -3.57. The van der Waals surface area contributed by atoms with Crippen LogP contribution in [0.5, 0.6) is 5.75 Å². The molecule has 164 valence electrons. The number of carboxylic acid groups (broad SMARTS) is 1. The first-order chi connectivity index (χ1) is 15.5. The van der Waals surface area contributed by atoms with Crippen LogP contribution in [0.15, 0.2) is 66.7 Å². The lowest BCUT2D eigenvalue weighted by Crippen LogP contribution is -2.17. The molecule has 0 aliphatic rings. The number of hydrogen-bond donors (Lipinski definition) is 2. The molecule has 0 radical (unpaired) electrons. The fourth-order valence-electron chi connectivity index (χ4n) is 4.17. The highest BCUT2D eigenvalue weighted by molar-refractivity contribution is 5.98. The van der Waals surface area contributed by atoms with Crippen molar-refractivity contribution in [1.82, 2.24) is 9.88 Å². The number of hydrogen-bond acceptors (Lipinski definition) is 3. The lowest BCUT2D eigenvalue weighted by Gasteiger charge is -2.11. The predicted molar refractivity (Wildman–Crippen MR) is 127 cm³/mol. The Morgan fingerprint density at radius 3 is 2.41 bits per heavy atom. The van der Waals surface area contributed by atoms with E-state index < -0.39 is 5.97 Å². The van der Waals surface area contributed by atoms with Crippen molar-refractivity contribution in [3.05, 3.63) is 100 Å². The van der Waals surface area contributed by atoms with E-state index in [2.05, 4.69) is 35.6 Å². The van der Waals surface area contributed by atoms with Crippen LogP contribution in [0, 0.1) is 13.8 Å². The van der Waals surface area contributed by atoms with Crippen LogP contribution in [0.3, 0.4) is 0 Å². The Kier molecular flexibility index (Phi) is 6.28. The van der Waals surface area contributed by atoms with Crippen LogP contribution < -0.4 is 10.1 Å². The number of aromatic nitrogens is 1. The van der Waals surface area contributed by atoms with E-state index in [1.54, 1.807) is 7.11 Å². The van der Waals surface area contributed by atoms with Gasteiger partial charge in [-0.2, -0.15) is 0 Å².